The molecule has 7 heteroatoms. The lowest BCUT2D eigenvalue weighted by atomic mass is 10.2. The Morgan fingerprint density at radius 2 is 1.44 bits per heavy atom. The van der Waals surface area contributed by atoms with E-state index in [1.807, 2.05) is 26.0 Å². The van der Waals surface area contributed by atoms with E-state index in [4.69, 9.17) is 0 Å². The summed E-state index contributed by atoms with van der Waals surface area (Å²) in [5, 5.41) is 2.19. The Labute approximate surface area is 157 Å². The van der Waals surface area contributed by atoms with Crippen LogP contribution in [-0.4, -0.2) is 31.4 Å². The lowest BCUT2D eigenvalue weighted by Gasteiger charge is -2.24. The van der Waals surface area contributed by atoms with Gasteiger partial charge in [0.25, 0.3) is 0 Å². The Hall–Kier alpha value is -2.96. The van der Waals surface area contributed by atoms with E-state index in [0.717, 1.165) is 30.9 Å². The highest BCUT2D eigenvalue weighted by molar-refractivity contribution is 6.02. The fourth-order valence-electron chi connectivity index (χ4n) is 2.76. The van der Waals surface area contributed by atoms with Crippen molar-refractivity contribution in [2.45, 2.75) is 20.8 Å². The van der Waals surface area contributed by atoms with Crippen molar-refractivity contribution in [1.82, 2.24) is 0 Å². The second-order valence-corrected chi connectivity index (χ2v) is 5.94. The first kappa shape index (κ1) is 20.4. The molecule has 0 heterocycles. The number of amides is 2. The summed E-state index contributed by atoms with van der Waals surface area (Å²) in [6, 6.07) is 10.5. The van der Waals surface area contributed by atoms with Gasteiger partial charge in [-0.05, 0) is 50.2 Å². The van der Waals surface area contributed by atoms with Crippen molar-refractivity contribution < 1.29 is 18.4 Å². The van der Waals surface area contributed by atoms with E-state index >= 15 is 0 Å². The summed E-state index contributed by atoms with van der Waals surface area (Å²) in [4.78, 5) is 27.6. The highest BCUT2D eigenvalue weighted by Crippen LogP contribution is 2.22. The van der Waals surface area contributed by atoms with Gasteiger partial charge in [-0.1, -0.05) is 6.07 Å². The molecule has 0 saturated heterocycles. The zero-order chi connectivity index (χ0) is 20.0. The van der Waals surface area contributed by atoms with E-state index < -0.39 is 23.2 Å². The molecule has 5 nitrogen and oxygen atoms in total. The van der Waals surface area contributed by atoms with Gasteiger partial charge in [-0.25, -0.2) is 8.78 Å². The van der Waals surface area contributed by atoms with Crippen molar-refractivity contribution in [1.29, 1.82) is 0 Å². The second kappa shape index (κ2) is 9.12. The van der Waals surface area contributed by atoms with Crippen LogP contribution in [0.5, 0.6) is 0 Å². The average Bonchev–Trinajstić information content (AvgIpc) is 2.64. The molecule has 2 rings (SSSR count). The van der Waals surface area contributed by atoms with E-state index in [9.17, 15) is 18.4 Å². The lowest BCUT2D eigenvalue weighted by Crippen LogP contribution is -2.37. The number of hydrogen-bond donors (Lipinski definition) is 1. The molecule has 27 heavy (non-hydrogen) atoms. The van der Waals surface area contributed by atoms with E-state index in [1.54, 1.807) is 12.1 Å². The van der Waals surface area contributed by atoms with Crippen LogP contribution in [-0.2, 0) is 9.59 Å². The van der Waals surface area contributed by atoms with Gasteiger partial charge in [-0.2, -0.15) is 0 Å². The molecule has 0 fully saturated rings. The molecule has 0 aliphatic carbocycles. The Bertz CT molecular complexity index is 785. The maximum Gasteiger partial charge on any atom is 0.244 e. The summed E-state index contributed by atoms with van der Waals surface area (Å²) >= 11 is 0. The molecule has 0 aromatic heterocycles. The molecule has 144 valence electrons. The van der Waals surface area contributed by atoms with Crippen LogP contribution in [0.15, 0.2) is 42.5 Å². The summed E-state index contributed by atoms with van der Waals surface area (Å²) in [5.41, 5.74) is 1.01. The third kappa shape index (κ3) is 5.03. The lowest BCUT2D eigenvalue weighted by molar-refractivity contribution is -0.120. The van der Waals surface area contributed by atoms with Crippen molar-refractivity contribution in [2.75, 3.05) is 34.8 Å². The van der Waals surface area contributed by atoms with Crippen molar-refractivity contribution in [3.05, 3.63) is 54.1 Å². The largest absolute Gasteiger partial charge is 0.372 e. The molecule has 1 N–H and O–H groups in total. The Kier molecular flexibility index (Phi) is 6.87. The van der Waals surface area contributed by atoms with Gasteiger partial charge in [0.05, 0.1) is 0 Å². The Morgan fingerprint density at radius 1 is 0.926 bits per heavy atom. The predicted molar refractivity (Wildman–Crippen MR) is 103 cm³/mol. The monoisotopic (exact) mass is 375 g/mol. The number of carbonyl (C=O) groups is 2. The molecular formula is C20H23F2N3O2. The minimum atomic E-state index is -0.874. The fourth-order valence-corrected chi connectivity index (χ4v) is 2.76. The van der Waals surface area contributed by atoms with Crippen LogP contribution < -0.4 is 15.1 Å². The number of rotatable bonds is 7. The van der Waals surface area contributed by atoms with E-state index in [2.05, 4.69) is 10.2 Å². The van der Waals surface area contributed by atoms with Crippen LogP contribution in [0, 0.1) is 11.6 Å². The topological polar surface area (TPSA) is 52.6 Å². The van der Waals surface area contributed by atoms with Crippen molar-refractivity contribution in [3.63, 3.8) is 0 Å². The van der Waals surface area contributed by atoms with E-state index in [0.29, 0.717) is 5.69 Å². The van der Waals surface area contributed by atoms with E-state index in [1.165, 1.54) is 17.9 Å². The fraction of sp³-hybridized carbons (Fsp3) is 0.300. The van der Waals surface area contributed by atoms with Crippen LogP contribution >= 0.6 is 0 Å². The summed E-state index contributed by atoms with van der Waals surface area (Å²) in [5.74, 6) is -2.79. The van der Waals surface area contributed by atoms with Gasteiger partial charge in [-0.15, -0.1) is 0 Å². The van der Waals surface area contributed by atoms with Crippen molar-refractivity contribution >= 4 is 28.9 Å². The first-order valence-electron chi connectivity index (χ1n) is 8.74. The third-order valence-corrected chi connectivity index (χ3v) is 4.20. The highest BCUT2D eigenvalue weighted by atomic mass is 19.1. The molecule has 0 aliphatic rings. The van der Waals surface area contributed by atoms with Crippen LogP contribution in [0.3, 0.4) is 0 Å². The normalized spacial score (nSPS) is 10.4. The summed E-state index contributed by atoms with van der Waals surface area (Å²) in [7, 11) is 0. The van der Waals surface area contributed by atoms with Crippen LogP contribution in [0.2, 0.25) is 0 Å². The Morgan fingerprint density at radius 3 is 1.93 bits per heavy atom. The molecule has 0 radical (unpaired) electrons. The number of anilines is 3. The van der Waals surface area contributed by atoms with Crippen molar-refractivity contribution in [3.8, 4) is 0 Å². The van der Waals surface area contributed by atoms with Gasteiger partial charge < -0.3 is 15.1 Å². The zero-order valence-electron chi connectivity index (χ0n) is 15.6. The molecule has 0 unspecified atom stereocenters. The summed E-state index contributed by atoms with van der Waals surface area (Å²) in [6.45, 7) is 6.77. The second-order valence-electron chi connectivity index (χ2n) is 5.94. The number of hydrogen-bond acceptors (Lipinski definition) is 3. The first-order chi connectivity index (χ1) is 12.9. The quantitative estimate of drug-likeness (QED) is 0.801. The minimum Gasteiger partial charge on any atom is -0.372 e. The smallest absolute Gasteiger partial charge is 0.244 e. The highest BCUT2D eigenvalue weighted by Gasteiger charge is 2.18. The Balaban J connectivity index is 2.15. The van der Waals surface area contributed by atoms with Gasteiger partial charge in [-0.3, -0.25) is 9.59 Å². The molecule has 2 aromatic rings. The number of halogens is 2. The number of nitrogens with zero attached hydrogens (tertiary/aromatic N) is 2. The van der Waals surface area contributed by atoms with Crippen LogP contribution in [0.1, 0.15) is 20.8 Å². The number of nitrogens with one attached hydrogen (secondary N) is 1. The standard InChI is InChI=1S/C20H23F2N3O2/c1-4-24(5-2)15-9-11-16(12-10-15)25(14(3)26)13-19(27)23-20-17(21)7-6-8-18(20)22/h6-12H,4-5,13H2,1-3H3,(H,23,27). The minimum absolute atomic E-state index is 0.352. The number of carbonyl (C=O) groups excluding carboxylic acids is 2. The number of benzene rings is 2. The van der Waals surface area contributed by atoms with Crippen LogP contribution in [0.4, 0.5) is 25.8 Å². The SMILES string of the molecule is CCN(CC)c1ccc(N(CC(=O)Nc2c(F)cccc2F)C(C)=O)cc1. The van der Waals surface area contributed by atoms with Crippen LogP contribution in [0.25, 0.3) is 0 Å². The molecule has 0 saturated carbocycles. The third-order valence-electron chi connectivity index (χ3n) is 4.20. The number of para-hydroxylation sites is 1. The molecule has 0 atom stereocenters. The molecule has 2 amide bonds. The van der Waals surface area contributed by atoms with E-state index in [-0.39, 0.29) is 12.5 Å². The maximum absolute atomic E-state index is 13.7. The average molecular weight is 375 g/mol. The van der Waals surface area contributed by atoms with Gasteiger partial charge in [0.1, 0.15) is 23.9 Å². The maximum atomic E-state index is 13.7. The zero-order valence-corrected chi connectivity index (χ0v) is 15.6. The summed E-state index contributed by atoms with van der Waals surface area (Å²) in [6.07, 6.45) is 0. The van der Waals surface area contributed by atoms with Crippen molar-refractivity contribution in [2.24, 2.45) is 0 Å². The summed E-state index contributed by atoms with van der Waals surface area (Å²) < 4.78 is 27.4. The van der Waals surface area contributed by atoms with Gasteiger partial charge >= 0.3 is 0 Å². The molecule has 0 bridgehead atoms. The van der Waals surface area contributed by atoms with Gasteiger partial charge in [0.15, 0.2) is 0 Å². The molecule has 0 spiro atoms. The predicted octanol–water partition coefficient (Wildman–Crippen LogP) is 3.80. The van der Waals surface area contributed by atoms with Gasteiger partial charge in [0, 0.05) is 31.4 Å². The molecule has 0 aliphatic heterocycles. The molecular weight excluding hydrogens is 352 g/mol. The first-order valence-corrected chi connectivity index (χ1v) is 8.74. The molecule has 2 aromatic carbocycles. The van der Waals surface area contributed by atoms with Gasteiger partial charge in [0.2, 0.25) is 11.8 Å².